The SMILES string of the molecule is COc1cccc2cccc(OC3OC(CO)C(O)C(O)C3O)c12. The normalized spacial score (nSPS) is 30.3. The van der Waals surface area contributed by atoms with Crippen LogP contribution in [0.25, 0.3) is 10.8 Å². The molecule has 1 aliphatic heterocycles. The molecule has 1 fully saturated rings. The second kappa shape index (κ2) is 6.92. The summed E-state index contributed by atoms with van der Waals surface area (Å²) in [5.74, 6) is 0.988. The fraction of sp³-hybridized carbons (Fsp3) is 0.412. The van der Waals surface area contributed by atoms with Crippen LogP contribution < -0.4 is 9.47 Å². The molecule has 2 aromatic rings. The third-order valence-electron chi connectivity index (χ3n) is 4.14. The van der Waals surface area contributed by atoms with E-state index in [1.54, 1.807) is 25.3 Å². The molecule has 1 heterocycles. The number of benzene rings is 2. The first kappa shape index (κ1) is 16.9. The Morgan fingerprint density at radius 2 is 1.62 bits per heavy atom. The molecule has 1 aliphatic rings. The maximum absolute atomic E-state index is 10.1. The van der Waals surface area contributed by atoms with Crippen LogP contribution >= 0.6 is 0 Å². The van der Waals surface area contributed by atoms with Gasteiger partial charge in [0.2, 0.25) is 6.29 Å². The molecule has 0 spiro atoms. The highest BCUT2D eigenvalue weighted by molar-refractivity contribution is 5.93. The van der Waals surface area contributed by atoms with Gasteiger partial charge in [0.1, 0.15) is 35.9 Å². The van der Waals surface area contributed by atoms with Gasteiger partial charge in [0.15, 0.2) is 0 Å². The van der Waals surface area contributed by atoms with Crippen LogP contribution in [0.15, 0.2) is 36.4 Å². The van der Waals surface area contributed by atoms with Gasteiger partial charge in [0.25, 0.3) is 0 Å². The second-order valence-electron chi connectivity index (χ2n) is 5.63. The fourth-order valence-corrected chi connectivity index (χ4v) is 2.83. The van der Waals surface area contributed by atoms with E-state index in [1.165, 1.54) is 0 Å². The molecule has 5 unspecified atom stereocenters. The van der Waals surface area contributed by atoms with Crippen molar-refractivity contribution in [1.82, 2.24) is 0 Å². The average molecular weight is 336 g/mol. The maximum Gasteiger partial charge on any atom is 0.229 e. The van der Waals surface area contributed by atoms with Crippen LogP contribution in [-0.2, 0) is 4.74 Å². The monoisotopic (exact) mass is 336 g/mol. The maximum atomic E-state index is 10.1. The minimum absolute atomic E-state index is 0.397. The van der Waals surface area contributed by atoms with Gasteiger partial charge in [-0.2, -0.15) is 0 Å². The molecule has 2 aromatic carbocycles. The quantitative estimate of drug-likeness (QED) is 0.624. The van der Waals surface area contributed by atoms with E-state index in [1.807, 2.05) is 18.2 Å². The number of hydrogen-bond acceptors (Lipinski definition) is 7. The molecule has 3 rings (SSSR count). The Morgan fingerprint density at radius 1 is 0.958 bits per heavy atom. The van der Waals surface area contributed by atoms with E-state index in [0.29, 0.717) is 16.9 Å². The van der Waals surface area contributed by atoms with Gasteiger partial charge in [-0.25, -0.2) is 0 Å². The third-order valence-corrected chi connectivity index (χ3v) is 4.14. The van der Waals surface area contributed by atoms with E-state index in [0.717, 1.165) is 5.39 Å². The number of aliphatic hydroxyl groups excluding tert-OH is 4. The highest BCUT2D eigenvalue weighted by Crippen LogP contribution is 2.35. The molecule has 7 heteroatoms. The first-order chi connectivity index (χ1) is 11.6. The first-order valence-electron chi connectivity index (χ1n) is 7.59. The second-order valence-corrected chi connectivity index (χ2v) is 5.63. The smallest absolute Gasteiger partial charge is 0.229 e. The van der Waals surface area contributed by atoms with Crippen LogP contribution in [0.2, 0.25) is 0 Å². The third kappa shape index (κ3) is 2.92. The Balaban J connectivity index is 1.94. The minimum atomic E-state index is -1.49. The molecule has 5 atom stereocenters. The number of fused-ring (bicyclic) bond motifs is 1. The molecule has 7 nitrogen and oxygen atoms in total. The number of aliphatic hydroxyl groups is 4. The van der Waals surface area contributed by atoms with Crippen molar-refractivity contribution in [2.24, 2.45) is 0 Å². The summed E-state index contributed by atoms with van der Waals surface area (Å²) in [4.78, 5) is 0. The zero-order valence-corrected chi connectivity index (χ0v) is 13.1. The standard InChI is InChI=1S/C17H20O7/c1-22-10-6-2-4-9-5-3-7-11(13(9)10)23-17-16(21)15(20)14(19)12(8-18)24-17/h2-7,12,14-21H,8H2,1H3. The van der Waals surface area contributed by atoms with Crippen molar-refractivity contribution in [3.8, 4) is 11.5 Å². The van der Waals surface area contributed by atoms with Crippen LogP contribution in [0.3, 0.4) is 0 Å². The molecule has 0 radical (unpaired) electrons. The number of methoxy groups -OCH3 is 1. The van der Waals surface area contributed by atoms with E-state index in [-0.39, 0.29) is 0 Å². The van der Waals surface area contributed by atoms with E-state index < -0.39 is 37.3 Å². The van der Waals surface area contributed by atoms with Crippen LogP contribution in [0.1, 0.15) is 0 Å². The number of ether oxygens (including phenoxy) is 3. The lowest BCUT2D eigenvalue weighted by molar-refractivity contribution is -0.277. The van der Waals surface area contributed by atoms with Crippen molar-refractivity contribution in [3.05, 3.63) is 36.4 Å². The average Bonchev–Trinajstić information content (AvgIpc) is 2.61. The molecular weight excluding hydrogens is 316 g/mol. The van der Waals surface area contributed by atoms with Crippen molar-refractivity contribution in [2.75, 3.05) is 13.7 Å². The lowest BCUT2D eigenvalue weighted by atomic mass is 9.99. The lowest BCUT2D eigenvalue weighted by Gasteiger charge is -2.39. The molecule has 0 amide bonds. The van der Waals surface area contributed by atoms with Crippen molar-refractivity contribution >= 4 is 10.8 Å². The molecule has 1 saturated heterocycles. The Bertz CT molecular complexity index is 697. The zero-order chi connectivity index (χ0) is 17.3. The van der Waals surface area contributed by atoms with Gasteiger partial charge in [0, 0.05) is 0 Å². The molecule has 0 saturated carbocycles. The molecule has 4 N–H and O–H groups in total. The first-order valence-corrected chi connectivity index (χ1v) is 7.59. The molecule has 24 heavy (non-hydrogen) atoms. The van der Waals surface area contributed by atoms with Crippen LogP contribution in [0.4, 0.5) is 0 Å². The Hall–Kier alpha value is -1.90. The minimum Gasteiger partial charge on any atom is -0.496 e. The van der Waals surface area contributed by atoms with Crippen LogP contribution in [0.5, 0.6) is 11.5 Å². The van der Waals surface area contributed by atoms with E-state index in [4.69, 9.17) is 14.2 Å². The Morgan fingerprint density at radius 3 is 2.25 bits per heavy atom. The molecule has 0 aliphatic carbocycles. The highest BCUT2D eigenvalue weighted by atomic mass is 16.7. The summed E-state index contributed by atoms with van der Waals surface area (Å²) in [6.07, 6.45) is -6.64. The fourth-order valence-electron chi connectivity index (χ4n) is 2.83. The zero-order valence-electron chi connectivity index (χ0n) is 13.1. The molecule has 130 valence electrons. The van der Waals surface area contributed by atoms with E-state index in [9.17, 15) is 20.4 Å². The van der Waals surface area contributed by atoms with Crippen molar-refractivity contribution in [3.63, 3.8) is 0 Å². The number of hydrogen-bond donors (Lipinski definition) is 4. The van der Waals surface area contributed by atoms with Crippen LogP contribution in [-0.4, -0.2) is 64.8 Å². The molecule has 0 bridgehead atoms. The van der Waals surface area contributed by atoms with Gasteiger partial charge in [-0.05, 0) is 17.5 Å². The summed E-state index contributed by atoms with van der Waals surface area (Å²) in [5, 5.41) is 40.6. The van der Waals surface area contributed by atoms with Gasteiger partial charge in [-0.15, -0.1) is 0 Å². The van der Waals surface area contributed by atoms with Crippen molar-refractivity contribution < 1.29 is 34.6 Å². The topological polar surface area (TPSA) is 109 Å². The Kier molecular flexibility index (Phi) is 4.88. The summed E-state index contributed by atoms with van der Waals surface area (Å²) in [7, 11) is 1.54. The summed E-state index contributed by atoms with van der Waals surface area (Å²) in [6.45, 7) is -0.510. The van der Waals surface area contributed by atoms with Crippen LogP contribution in [0, 0.1) is 0 Å². The number of rotatable bonds is 4. The predicted molar refractivity (Wildman–Crippen MR) is 84.9 cm³/mol. The Labute approximate surface area is 138 Å². The summed E-state index contributed by atoms with van der Waals surface area (Å²) < 4.78 is 16.5. The largest absolute Gasteiger partial charge is 0.496 e. The van der Waals surface area contributed by atoms with E-state index >= 15 is 0 Å². The summed E-state index contributed by atoms with van der Waals surface area (Å²) >= 11 is 0. The molecular formula is C17H20O7. The molecule has 0 aromatic heterocycles. The van der Waals surface area contributed by atoms with Gasteiger partial charge >= 0.3 is 0 Å². The van der Waals surface area contributed by atoms with Crippen molar-refractivity contribution in [2.45, 2.75) is 30.7 Å². The summed E-state index contributed by atoms with van der Waals surface area (Å²) in [6, 6.07) is 10.9. The van der Waals surface area contributed by atoms with Gasteiger partial charge in [0.05, 0.1) is 19.1 Å². The van der Waals surface area contributed by atoms with Gasteiger partial charge in [-0.3, -0.25) is 0 Å². The lowest BCUT2D eigenvalue weighted by Crippen LogP contribution is -2.60. The van der Waals surface area contributed by atoms with Crippen molar-refractivity contribution in [1.29, 1.82) is 0 Å². The summed E-state index contributed by atoms with van der Waals surface area (Å²) in [5.41, 5.74) is 0. The van der Waals surface area contributed by atoms with Gasteiger partial charge in [-0.1, -0.05) is 24.3 Å². The van der Waals surface area contributed by atoms with Gasteiger partial charge < -0.3 is 34.6 Å². The highest BCUT2D eigenvalue weighted by Gasteiger charge is 2.44. The van der Waals surface area contributed by atoms with E-state index in [2.05, 4.69) is 0 Å². The predicted octanol–water partition coefficient (Wildman–Crippen LogP) is 0.0271.